The van der Waals surface area contributed by atoms with Crippen molar-refractivity contribution in [1.29, 1.82) is 0 Å². The van der Waals surface area contributed by atoms with Gasteiger partial charge in [-0.25, -0.2) is 0 Å². The second kappa shape index (κ2) is 7.72. The molecule has 0 amide bonds. The number of hydrogen-bond donors (Lipinski definition) is 0. The van der Waals surface area contributed by atoms with Crippen LogP contribution in [0.25, 0.3) is 0 Å². The molecule has 2 unspecified atom stereocenters. The number of Topliss-reactive ketones (excluding diaryl/α,β-unsaturated/α-hetero) is 1. The van der Waals surface area contributed by atoms with Gasteiger partial charge in [-0.2, -0.15) is 0 Å². The van der Waals surface area contributed by atoms with E-state index in [2.05, 4.69) is 6.92 Å². The van der Waals surface area contributed by atoms with Gasteiger partial charge in [0, 0.05) is 18.3 Å². The topological polar surface area (TPSA) is 34.1 Å². The van der Waals surface area contributed by atoms with E-state index < -0.39 is 0 Å². The Hall–Kier alpha value is -0.660. The number of hydrogen-bond acceptors (Lipinski definition) is 2. The quantitative estimate of drug-likeness (QED) is 0.562. The average molecular weight is 198 g/mol. The van der Waals surface area contributed by atoms with Gasteiger partial charge >= 0.3 is 0 Å². The molecule has 0 spiro atoms. The zero-order chi connectivity index (χ0) is 11.0. The highest BCUT2D eigenvalue weighted by atomic mass is 16.1. The van der Waals surface area contributed by atoms with Gasteiger partial charge in [-0.3, -0.25) is 4.79 Å². The van der Waals surface area contributed by atoms with Gasteiger partial charge in [-0.1, -0.05) is 27.2 Å². The number of carbonyl (C=O) groups is 2. The molecule has 0 aromatic carbocycles. The Labute approximate surface area is 87.1 Å². The summed E-state index contributed by atoms with van der Waals surface area (Å²) in [6.45, 7) is 5.99. The van der Waals surface area contributed by atoms with Crippen LogP contribution in [0.3, 0.4) is 0 Å². The molecule has 0 aliphatic carbocycles. The van der Waals surface area contributed by atoms with Crippen molar-refractivity contribution in [2.45, 2.75) is 52.9 Å². The van der Waals surface area contributed by atoms with E-state index in [4.69, 9.17) is 0 Å². The van der Waals surface area contributed by atoms with Gasteiger partial charge in [-0.15, -0.1) is 0 Å². The summed E-state index contributed by atoms with van der Waals surface area (Å²) in [4.78, 5) is 21.8. The van der Waals surface area contributed by atoms with E-state index in [0.29, 0.717) is 12.2 Å². The molecule has 0 aromatic heterocycles. The molecule has 0 N–H and O–H groups in total. The Balaban J connectivity index is 3.58. The molecule has 82 valence electrons. The Morgan fingerprint density at radius 1 is 1.29 bits per heavy atom. The Morgan fingerprint density at radius 3 is 2.43 bits per heavy atom. The van der Waals surface area contributed by atoms with Crippen LogP contribution in [0, 0.1) is 11.8 Å². The van der Waals surface area contributed by atoms with Crippen LogP contribution in [0.1, 0.15) is 52.9 Å². The Morgan fingerprint density at radius 2 is 1.93 bits per heavy atom. The Bertz CT molecular complexity index is 175. The largest absolute Gasteiger partial charge is 0.303 e. The number of rotatable bonds is 8. The minimum absolute atomic E-state index is 0.101. The minimum Gasteiger partial charge on any atom is -0.303 e. The normalized spacial score (nSPS) is 14.8. The molecule has 0 radical (unpaired) electrons. The van der Waals surface area contributed by atoms with Crippen LogP contribution in [-0.2, 0) is 9.59 Å². The third-order valence-corrected chi connectivity index (χ3v) is 2.59. The van der Waals surface area contributed by atoms with E-state index in [-0.39, 0.29) is 11.8 Å². The first-order valence-electron chi connectivity index (χ1n) is 5.59. The third kappa shape index (κ3) is 5.90. The predicted molar refractivity (Wildman–Crippen MR) is 58.2 cm³/mol. The van der Waals surface area contributed by atoms with E-state index in [1.165, 1.54) is 0 Å². The lowest BCUT2D eigenvalue weighted by Gasteiger charge is -2.09. The monoisotopic (exact) mass is 198 g/mol. The third-order valence-electron chi connectivity index (χ3n) is 2.59. The van der Waals surface area contributed by atoms with Gasteiger partial charge in [0.2, 0.25) is 0 Å². The Kier molecular flexibility index (Phi) is 7.35. The van der Waals surface area contributed by atoms with Crippen molar-refractivity contribution in [3.8, 4) is 0 Å². The molecular weight excluding hydrogens is 176 g/mol. The summed E-state index contributed by atoms with van der Waals surface area (Å²) < 4.78 is 0. The highest BCUT2D eigenvalue weighted by molar-refractivity contribution is 5.80. The van der Waals surface area contributed by atoms with Gasteiger partial charge in [0.1, 0.15) is 12.1 Å². The van der Waals surface area contributed by atoms with Gasteiger partial charge < -0.3 is 4.79 Å². The molecule has 0 bridgehead atoms. The van der Waals surface area contributed by atoms with Gasteiger partial charge in [0.25, 0.3) is 0 Å². The molecule has 0 rings (SSSR count). The molecular formula is C12H22O2. The molecule has 0 saturated carbocycles. The molecule has 14 heavy (non-hydrogen) atoms. The van der Waals surface area contributed by atoms with Crippen molar-refractivity contribution in [3.05, 3.63) is 0 Å². The molecule has 0 aliphatic heterocycles. The SMILES string of the molecule is CCCC(C)C(=O)CCCC(C)C=O. The first-order valence-corrected chi connectivity index (χ1v) is 5.59. The maximum atomic E-state index is 11.5. The van der Waals surface area contributed by atoms with Crippen molar-refractivity contribution in [3.63, 3.8) is 0 Å². The van der Waals surface area contributed by atoms with Crippen molar-refractivity contribution >= 4 is 12.1 Å². The standard InChI is InChI=1S/C12H22O2/c1-4-6-11(3)12(14)8-5-7-10(2)9-13/h9-11H,4-8H2,1-3H3. The second-order valence-corrected chi connectivity index (χ2v) is 4.16. The maximum absolute atomic E-state index is 11.5. The van der Waals surface area contributed by atoms with Crippen LogP contribution in [0.2, 0.25) is 0 Å². The van der Waals surface area contributed by atoms with Crippen LogP contribution < -0.4 is 0 Å². The van der Waals surface area contributed by atoms with E-state index in [1.807, 2.05) is 13.8 Å². The molecule has 0 fully saturated rings. The smallest absolute Gasteiger partial charge is 0.135 e. The fourth-order valence-corrected chi connectivity index (χ4v) is 1.51. The van der Waals surface area contributed by atoms with Gasteiger partial charge in [0.05, 0.1) is 0 Å². The van der Waals surface area contributed by atoms with Crippen molar-refractivity contribution in [2.24, 2.45) is 11.8 Å². The lowest BCUT2D eigenvalue weighted by Crippen LogP contribution is -2.10. The molecule has 2 atom stereocenters. The highest BCUT2D eigenvalue weighted by Crippen LogP contribution is 2.12. The van der Waals surface area contributed by atoms with E-state index in [0.717, 1.165) is 32.0 Å². The van der Waals surface area contributed by atoms with E-state index >= 15 is 0 Å². The van der Waals surface area contributed by atoms with Crippen molar-refractivity contribution in [1.82, 2.24) is 0 Å². The van der Waals surface area contributed by atoms with Crippen LogP contribution in [0.15, 0.2) is 0 Å². The van der Waals surface area contributed by atoms with Crippen LogP contribution in [0.5, 0.6) is 0 Å². The summed E-state index contributed by atoms with van der Waals surface area (Å²) in [5.41, 5.74) is 0. The first-order chi connectivity index (χ1) is 6.61. The molecule has 2 heteroatoms. The summed E-state index contributed by atoms with van der Waals surface area (Å²) in [5, 5.41) is 0. The maximum Gasteiger partial charge on any atom is 0.135 e. The van der Waals surface area contributed by atoms with Crippen LogP contribution >= 0.6 is 0 Å². The molecule has 0 heterocycles. The summed E-state index contributed by atoms with van der Waals surface area (Å²) in [6.07, 6.45) is 5.35. The summed E-state index contributed by atoms with van der Waals surface area (Å²) in [5.74, 6) is 0.653. The molecule has 0 aliphatic rings. The second-order valence-electron chi connectivity index (χ2n) is 4.16. The van der Waals surface area contributed by atoms with E-state index in [9.17, 15) is 9.59 Å². The van der Waals surface area contributed by atoms with Crippen molar-refractivity contribution < 1.29 is 9.59 Å². The molecule has 2 nitrogen and oxygen atoms in total. The summed E-state index contributed by atoms with van der Waals surface area (Å²) in [6, 6.07) is 0. The highest BCUT2D eigenvalue weighted by Gasteiger charge is 2.11. The average Bonchev–Trinajstić information content (AvgIpc) is 2.17. The van der Waals surface area contributed by atoms with Crippen LogP contribution in [-0.4, -0.2) is 12.1 Å². The zero-order valence-corrected chi connectivity index (χ0v) is 9.58. The molecule has 0 saturated heterocycles. The fraction of sp³-hybridized carbons (Fsp3) is 0.833. The first kappa shape index (κ1) is 13.3. The van der Waals surface area contributed by atoms with E-state index in [1.54, 1.807) is 0 Å². The van der Waals surface area contributed by atoms with Gasteiger partial charge in [0.15, 0.2) is 0 Å². The number of carbonyl (C=O) groups excluding carboxylic acids is 2. The summed E-state index contributed by atoms with van der Waals surface area (Å²) in [7, 11) is 0. The summed E-state index contributed by atoms with van der Waals surface area (Å²) >= 11 is 0. The lowest BCUT2D eigenvalue weighted by atomic mass is 9.95. The number of ketones is 1. The minimum atomic E-state index is 0.101. The van der Waals surface area contributed by atoms with Gasteiger partial charge in [-0.05, 0) is 19.3 Å². The molecule has 0 aromatic rings. The van der Waals surface area contributed by atoms with Crippen molar-refractivity contribution in [2.75, 3.05) is 0 Å². The lowest BCUT2D eigenvalue weighted by molar-refractivity contribution is -0.123. The number of aldehydes is 1. The predicted octanol–water partition coefficient (Wildman–Crippen LogP) is 3.00. The van der Waals surface area contributed by atoms with Crippen LogP contribution in [0.4, 0.5) is 0 Å². The fourth-order valence-electron chi connectivity index (χ4n) is 1.51. The zero-order valence-electron chi connectivity index (χ0n) is 9.58.